The predicted octanol–water partition coefficient (Wildman–Crippen LogP) is 2.80. The standard InChI is InChI=1S/C14H27NO/c1-2-3-10-15-11-5-4-8-13(15)12-7-6-9-14(12)16/h12-14,16H,2-11H2,1H3. The van der Waals surface area contributed by atoms with Gasteiger partial charge in [-0.05, 0) is 45.2 Å². The number of aliphatic hydroxyl groups is 1. The van der Waals surface area contributed by atoms with E-state index in [1.54, 1.807) is 0 Å². The highest BCUT2D eigenvalue weighted by molar-refractivity contribution is 4.90. The van der Waals surface area contributed by atoms with E-state index >= 15 is 0 Å². The van der Waals surface area contributed by atoms with Gasteiger partial charge in [-0.15, -0.1) is 0 Å². The Bertz CT molecular complexity index is 207. The quantitative estimate of drug-likeness (QED) is 0.795. The van der Waals surface area contributed by atoms with Gasteiger partial charge < -0.3 is 10.0 Å². The van der Waals surface area contributed by atoms with Crippen LogP contribution >= 0.6 is 0 Å². The molecule has 0 spiro atoms. The molecule has 1 aliphatic carbocycles. The summed E-state index contributed by atoms with van der Waals surface area (Å²) in [6.07, 6.45) is 10.2. The maximum absolute atomic E-state index is 10.1. The van der Waals surface area contributed by atoms with Gasteiger partial charge in [0.1, 0.15) is 0 Å². The molecule has 0 aromatic rings. The van der Waals surface area contributed by atoms with Gasteiger partial charge in [-0.1, -0.05) is 26.2 Å². The maximum Gasteiger partial charge on any atom is 0.0583 e. The SMILES string of the molecule is CCCCN1CCCCC1C1CCCC1O. The van der Waals surface area contributed by atoms with E-state index in [0.717, 1.165) is 6.42 Å². The van der Waals surface area contributed by atoms with Crippen LogP contribution in [0.4, 0.5) is 0 Å². The number of unbranched alkanes of at least 4 members (excludes halogenated alkanes) is 1. The van der Waals surface area contributed by atoms with Gasteiger partial charge in [0, 0.05) is 12.0 Å². The first kappa shape index (κ1) is 12.4. The molecule has 2 aliphatic rings. The summed E-state index contributed by atoms with van der Waals surface area (Å²) in [6, 6.07) is 0.692. The lowest BCUT2D eigenvalue weighted by Gasteiger charge is -2.40. The van der Waals surface area contributed by atoms with Crippen molar-refractivity contribution in [2.45, 2.75) is 70.4 Å². The second kappa shape index (κ2) is 6.02. The number of hydrogen-bond donors (Lipinski definition) is 1. The Morgan fingerprint density at radius 3 is 2.69 bits per heavy atom. The molecule has 1 heterocycles. The van der Waals surface area contributed by atoms with Crippen LogP contribution in [0.3, 0.4) is 0 Å². The van der Waals surface area contributed by atoms with Gasteiger partial charge in [0.25, 0.3) is 0 Å². The molecule has 3 atom stereocenters. The summed E-state index contributed by atoms with van der Waals surface area (Å²) in [7, 11) is 0. The highest BCUT2D eigenvalue weighted by atomic mass is 16.3. The van der Waals surface area contributed by atoms with E-state index in [4.69, 9.17) is 0 Å². The summed E-state index contributed by atoms with van der Waals surface area (Å²) in [5.41, 5.74) is 0. The van der Waals surface area contributed by atoms with Crippen molar-refractivity contribution in [2.24, 2.45) is 5.92 Å². The summed E-state index contributed by atoms with van der Waals surface area (Å²) < 4.78 is 0. The summed E-state index contributed by atoms with van der Waals surface area (Å²) in [4.78, 5) is 2.67. The molecule has 1 saturated heterocycles. The molecule has 2 nitrogen and oxygen atoms in total. The van der Waals surface area contributed by atoms with E-state index in [1.807, 2.05) is 0 Å². The number of likely N-dealkylation sites (tertiary alicyclic amines) is 1. The van der Waals surface area contributed by atoms with Gasteiger partial charge in [0.05, 0.1) is 6.10 Å². The molecule has 0 amide bonds. The molecule has 2 fully saturated rings. The summed E-state index contributed by atoms with van der Waals surface area (Å²) in [5.74, 6) is 0.581. The van der Waals surface area contributed by atoms with Crippen LogP contribution in [-0.2, 0) is 0 Å². The Hall–Kier alpha value is -0.0800. The molecule has 0 radical (unpaired) electrons. The van der Waals surface area contributed by atoms with Gasteiger partial charge in [0.15, 0.2) is 0 Å². The molecule has 3 unspecified atom stereocenters. The monoisotopic (exact) mass is 225 g/mol. The second-order valence-electron chi connectivity index (χ2n) is 5.61. The van der Waals surface area contributed by atoms with Crippen LogP contribution in [0.25, 0.3) is 0 Å². The predicted molar refractivity (Wildman–Crippen MR) is 67.5 cm³/mol. The first-order valence-electron chi connectivity index (χ1n) is 7.25. The van der Waals surface area contributed by atoms with Crippen LogP contribution in [0.2, 0.25) is 0 Å². The lowest BCUT2D eigenvalue weighted by molar-refractivity contribution is 0.0349. The van der Waals surface area contributed by atoms with Crippen molar-refractivity contribution >= 4 is 0 Å². The average molecular weight is 225 g/mol. The number of hydrogen-bond acceptors (Lipinski definition) is 2. The molecule has 2 rings (SSSR count). The van der Waals surface area contributed by atoms with Crippen LogP contribution < -0.4 is 0 Å². The minimum Gasteiger partial charge on any atom is -0.393 e. The van der Waals surface area contributed by atoms with E-state index in [9.17, 15) is 5.11 Å². The van der Waals surface area contributed by atoms with Crippen LogP contribution in [0, 0.1) is 5.92 Å². The highest BCUT2D eigenvalue weighted by Crippen LogP contribution is 2.35. The Kier molecular flexibility index (Phi) is 4.66. The fourth-order valence-corrected chi connectivity index (χ4v) is 3.56. The second-order valence-corrected chi connectivity index (χ2v) is 5.61. The minimum absolute atomic E-state index is 0.00720. The lowest BCUT2D eigenvalue weighted by atomic mass is 9.87. The molecule has 1 aliphatic heterocycles. The van der Waals surface area contributed by atoms with E-state index in [1.165, 1.54) is 58.0 Å². The van der Waals surface area contributed by atoms with E-state index < -0.39 is 0 Å². The van der Waals surface area contributed by atoms with Crippen molar-refractivity contribution < 1.29 is 5.11 Å². The zero-order chi connectivity index (χ0) is 11.4. The Morgan fingerprint density at radius 1 is 1.12 bits per heavy atom. The van der Waals surface area contributed by atoms with Crippen molar-refractivity contribution in [1.29, 1.82) is 0 Å². The van der Waals surface area contributed by atoms with Gasteiger partial charge >= 0.3 is 0 Å². The van der Waals surface area contributed by atoms with E-state index in [2.05, 4.69) is 11.8 Å². The lowest BCUT2D eigenvalue weighted by Crippen LogP contribution is -2.46. The fourth-order valence-electron chi connectivity index (χ4n) is 3.56. The Balaban J connectivity index is 1.92. The van der Waals surface area contributed by atoms with Gasteiger partial charge in [-0.3, -0.25) is 0 Å². The summed E-state index contributed by atoms with van der Waals surface area (Å²) >= 11 is 0. The fraction of sp³-hybridized carbons (Fsp3) is 1.00. The first-order chi connectivity index (χ1) is 7.83. The van der Waals surface area contributed by atoms with Crippen LogP contribution in [0.5, 0.6) is 0 Å². The third-order valence-electron chi connectivity index (χ3n) is 4.49. The normalized spacial score (nSPS) is 36.8. The molecular formula is C14H27NO. The summed E-state index contributed by atoms with van der Waals surface area (Å²) in [5, 5.41) is 10.1. The number of piperidine rings is 1. The molecule has 94 valence electrons. The van der Waals surface area contributed by atoms with E-state index in [0.29, 0.717) is 12.0 Å². The first-order valence-corrected chi connectivity index (χ1v) is 7.25. The zero-order valence-electron chi connectivity index (χ0n) is 10.7. The smallest absolute Gasteiger partial charge is 0.0583 e. The van der Waals surface area contributed by atoms with Crippen molar-refractivity contribution in [3.8, 4) is 0 Å². The zero-order valence-corrected chi connectivity index (χ0v) is 10.7. The molecule has 1 saturated carbocycles. The number of nitrogens with zero attached hydrogens (tertiary/aromatic N) is 1. The largest absolute Gasteiger partial charge is 0.393 e. The Labute approximate surface area is 100 Å². The van der Waals surface area contributed by atoms with Crippen LogP contribution in [0.1, 0.15) is 58.3 Å². The van der Waals surface area contributed by atoms with Crippen LogP contribution in [-0.4, -0.2) is 35.2 Å². The van der Waals surface area contributed by atoms with Gasteiger partial charge in [-0.2, -0.15) is 0 Å². The number of aliphatic hydroxyl groups excluding tert-OH is 1. The van der Waals surface area contributed by atoms with Crippen molar-refractivity contribution in [3.63, 3.8) is 0 Å². The topological polar surface area (TPSA) is 23.5 Å². The molecule has 0 bridgehead atoms. The van der Waals surface area contributed by atoms with Crippen molar-refractivity contribution in [1.82, 2.24) is 4.90 Å². The third kappa shape index (κ3) is 2.78. The van der Waals surface area contributed by atoms with Crippen molar-refractivity contribution in [2.75, 3.05) is 13.1 Å². The highest BCUT2D eigenvalue weighted by Gasteiger charge is 2.36. The van der Waals surface area contributed by atoms with Gasteiger partial charge in [-0.25, -0.2) is 0 Å². The van der Waals surface area contributed by atoms with Crippen molar-refractivity contribution in [3.05, 3.63) is 0 Å². The minimum atomic E-state index is -0.00720. The Morgan fingerprint density at radius 2 is 2.00 bits per heavy atom. The molecule has 0 aromatic heterocycles. The summed E-state index contributed by atoms with van der Waals surface area (Å²) in [6.45, 7) is 4.79. The molecule has 1 N–H and O–H groups in total. The third-order valence-corrected chi connectivity index (χ3v) is 4.49. The average Bonchev–Trinajstić information content (AvgIpc) is 2.73. The molecule has 16 heavy (non-hydrogen) atoms. The van der Waals surface area contributed by atoms with Gasteiger partial charge in [0.2, 0.25) is 0 Å². The number of rotatable bonds is 4. The maximum atomic E-state index is 10.1. The molecule has 0 aromatic carbocycles. The van der Waals surface area contributed by atoms with E-state index in [-0.39, 0.29) is 6.10 Å². The molecule has 2 heteroatoms. The molecular weight excluding hydrogens is 198 g/mol. The van der Waals surface area contributed by atoms with Crippen LogP contribution in [0.15, 0.2) is 0 Å².